The Morgan fingerprint density at radius 3 is 1.57 bits per heavy atom. The average Bonchev–Trinajstić information content (AvgIpc) is 2.55. The molecule has 0 N–H and O–H groups in total. The Kier molecular flexibility index (Phi) is 5.52. The summed E-state index contributed by atoms with van der Waals surface area (Å²) in [6.07, 6.45) is 2.19. The second-order valence-electron chi connectivity index (χ2n) is 4.36. The Morgan fingerprint density at radius 2 is 1.14 bits per heavy atom. The minimum atomic E-state index is 0.439. The molecule has 0 aromatic heterocycles. The number of hydrogen-bond acceptors (Lipinski definition) is 4. The van der Waals surface area contributed by atoms with Gasteiger partial charge in [0, 0.05) is 6.42 Å². The maximum absolute atomic E-state index is 10.8. The third-order valence-electron chi connectivity index (χ3n) is 2.90. The molecule has 0 saturated carbocycles. The first-order valence-electron chi connectivity index (χ1n) is 6.69. The van der Waals surface area contributed by atoms with E-state index in [2.05, 4.69) is 0 Å². The quantitative estimate of drug-likeness (QED) is 0.552. The monoisotopic (exact) mass is 284 g/mol. The van der Waals surface area contributed by atoms with Gasteiger partial charge in [-0.1, -0.05) is 24.3 Å². The van der Waals surface area contributed by atoms with Gasteiger partial charge < -0.3 is 9.47 Å². The van der Waals surface area contributed by atoms with Gasteiger partial charge in [0.15, 0.2) is 12.6 Å². The molecule has 0 bridgehead atoms. The lowest BCUT2D eigenvalue weighted by Gasteiger charge is -2.10. The fourth-order valence-electron chi connectivity index (χ4n) is 1.84. The summed E-state index contributed by atoms with van der Waals surface area (Å²) in [7, 11) is 0. The number of carbonyl (C=O) groups is 2. The first kappa shape index (κ1) is 14.8. The van der Waals surface area contributed by atoms with Gasteiger partial charge in [0.2, 0.25) is 0 Å². The van der Waals surface area contributed by atoms with Crippen LogP contribution < -0.4 is 9.47 Å². The molecule has 4 heteroatoms. The largest absolute Gasteiger partial charge is 0.493 e. The number of rotatable bonds is 8. The molecular formula is C17H16O4. The molecule has 0 aliphatic carbocycles. The molecule has 2 rings (SSSR count). The third kappa shape index (κ3) is 4.18. The zero-order valence-corrected chi connectivity index (χ0v) is 11.5. The Labute approximate surface area is 123 Å². The normalized spacial score (nSPS) is 9.90. The molecule has 108 valence electrons. The van der Waals surface area contributed by atoms with Crippen molar-refractivity contribution in [2.24, 2.45) is 0 Å². The summed E-state index contributed by atoms with van der Waals surface area (Å²) >= 11 is 0. The first-order valence-corrected chi connectivity index (χ1v) is 6.69. The Morgan fingerprint density at radius 1 is 0.714 bits per heavy atom. The summed E-state index contributed by atoms with van der Waals surface area (Å²) in [5, 5.41) is 0. The molecule has 4 nitrogen and oxygen atoms in total. The highest BCUT2D eigenvalue weighted by molar-refractivity contribution is 5.79. The highest BCUT2D eigenvalue weighted by atomic mass is 16.5. The van der Waals surface area contributed by atoms with Crippen molar-refractivity contribution in [3.63, 3.8) is 0 Å². The number of benzene rings is 2. The topological polar surface area (TPSA) is 52.6 Å². The zero-order valence-electron chi connectivity index (χ0n) is 11.5. The number of carbonyl (C=O) groups excluding carboxylic acids is 2. The summed E-state index contributed by atoms with van der Waals surface area (Å²) in [6, 6.07) is 14.1. The molecule has 0 spiro atoms. The van der Waals surface area contributed by atoms with Gasteiger partial charge >= 0.3 is 0 Å². The molecule has 0 saturated heterocycles. The van der Waals surface area contributed by atoms with E-state index in [1.54, 1.807) is 36.4 Å². The maximum Gasteiger partial charge on any atom is 0.153 e. The molecule has 0 amide bonds. The van der Waals surface area contributed by atoms with Crippen molar-refractivity contribution >= 4 is 12.6 Å². The van der Waals surface area contributed by atoms with Crippen LogP contribution in [0, 0.1) is 0 Å². The molecule has 21 heavy (non-hydrogen) atoms. The number of para-hydroxylation sites is 2. The average molecular weight is 284 g/mol. The van der Waals surface area contributed by atoms with Crippen LogP contribution in [0.2, 0.25) is 0 Å². The highest BCUT2D eigenvalue weighted by Gasteiger charge is 2.03. The van der Waals surface area contributed by atoms with Gasteiger partial charge in [-0.15, -0.1) is 0 Å². The lowest BCUT2D eigenvalue weighted by Crippen LogP contribution is -2.06. The number of hydrogen-bond donors (Lipinski definition) is 0. The summed E-state index contributed by atoms with van der Waals surface area (Å²) in [6.45, 7) is 0.877. The highest BCUT2D eigenvalue weighted by Crippen LogP contribution is 2.17. The predicted octanol–water partition coefficient (Wildman–Crippen LogP) is 3.16. The molecular weight excluding hydrogens is 268 g/mol. The molecule has 2 aromatic carbocycles. The van der Waals surface area contributed by atoms with Crippen LogP contribution in [0.5, 0.6) is 11.5 Å². The molecule has 0 radical (unpaired) electrons. The van der Waals surface area contributed by atoms with E-state index < -0.39 is 0 Å². The maximum atomic E-state index is 10.8. The second kappa shape index (κ2) is 7.85. The SMILES string of the molecule is O=Cc1ccccc1OCCCOc1ccccc1C=O. The van der Waals surface area contributed by atoms with E-state index in [9.17, 15) is 9.59 Å². The third-order valence-corrected chi connectivity index (χ3v) is 2.90. The minimum Gasteiger partial charge on any atom is -0.493 e. The molecule has 2 aromatic rings. The minimum absolute atomic E-state index is 0.439. The van der Waals surface area contributed by atoms with Gasteiger partial charge in [0.1, 0.15) is 11.5 Å². The van der Waals surface area contributed by atoms with E-state index in [4.69, 9.17) is 9.47 Å². The van der Waals surface area contributed by atoms with Crippen LogP contribution in [0.25, 0.3) is 0 Å². The predicted molar refractivity (Wildman–Crippen MR) is 79.3 cm³/mol. The summed E-state index contributed by atoms with van der Waals surface area (Å²) in [4.78, 5) is 21.7. The Bertz CT molecular complexity index is 554. The van der Waals surface area contributed by atoms with Crippen molar-refractivity contribution in [1.29, 1.82) is 0 Å². The van der Waals surface area contributed by atoms with Crippen LogP contribution in [0.3, 0.4) is 0 Å². The van der Waals surface area contributed by atoms with E-state index in [1.165, 1.54) is 0 Å². The van der Waals surface area contributed by atoms with Crippen molar-refractivity contribution in [1.82, 2.24) is 0 Å². The fraction of sp³-hybridized carbons (Fsp3) is 0.176. The molecule has 0 heterocycles. The van der Waals surface area contributed by atoms with Crippen LogP contribution in [0.1, 0.15) is 27.1 Å². The van der Waals surface area contributed by atoms with Crippen LogP contribution in [0.4, 0.5) is 0 Å². The van der Waals surface area contributed by atoms with Crippen molar-refractivity contribution < 1.29 is 19.1 Å². The van der Waals surface area contributed by atoms with E-state index in [-0.39, 0.29) is 0 Å². The van der Waals surface area contributed by atoms with Gasteiger partial charge in [-0.05, 0) is 24.3 Å². The van der Waals surface area contributed by atoms with E-state index >= 15 is 0 Å². The smallest absolute Gasteiger partial charge is 0.153 e. The standard InChI is InChI=1S/C17H16O4/c18-12-14-6-1-3-8-16(14)20-10-5-11-21-17-9-4-2-7-15(17)13-19/h1-4,6-9,12-13H,5,10-11H2. The van der Waals surface area contributed by atoms with Crippen LogP contribution >= 0.6 is 0 Å². The Balaban J connectivity index is 1.77. The van der Waals surface area contributed by atoms with Crippen LogP contribution in [0.15, 0.2) is 48.5 Å². The lowest BCUT2D eigenvalue weighted by molar-refractivity contribution is 0.111. The summed E-state index contributed by atoms with van der Waals surface area (Å²) in [5.74, 6) is 1.14. The summed E-state index contributed by atoms with van der Waals surface area (Å²) in [5.41, 5.74) is 1.06. The number of aldehydes is 2. The van der Waals surface area contributed by atoms with Crippen molar-refractivity contribution in [2.45, 2.75) is 6.42 Å². The van der Waals surface area contributed by atoms with Crippen LogP contribution in [-0.2, 0) is 0 Å². The molecule has 0 aliphatic heterocycles. The van der Waals surface area contributed by atoms with Crippen LogP contribution in [-0.4, -0.2) is 25.8 Å². The zero-order chi connectivity index (χ0) is 14.9. The Hall–Kier alpha value is -2.62. The van der Waals surface area contributed by atoms with Crippen molar-refractivity contribution in [3.05, 3.63) is 59.7 Å². The second-order valence-corrected chi connectivity index (χ2v) is 4.36. The fourth-order valence-corrected chi connectivity index (χ4v) is 1.84. The van der Waals surface area contributed by atoms with Crippen molar-refractivity contribution in [3.8, 4) is 11.5 Å². The van der Waals surface area contributed by atoms with E-state index in [1.807, 2.05) is 12.1 Å². The van der Waals surface area contributed by atoms with E-state index in [0.29, 0.717) is 42.3 Å². The molecule has 0 atom stereocenters. The molecule has 0 fully saturated rings. The van der Waals surface area contributed by atoms with Gasteiger partial charge in [-0.2, -0.15) is 0 Å². The lowest BCUT2D eigenvalue weighted by atomic mass is 10.2. The summed E-state index contributed by atoms with van der Waals surface area (Å²) < 4.78 is 11.1. The van der Waals surface area contributed by atoms with Gasteiger partial charge in [0.05, 0.1) is 24.3 Å². The molecule has 0 unspecified atom stereocenters. The first-order chi connectivity index (χ1) is 10.3. The van der Waals surface area contributed by atoms with E-state index in [0.717, 1.165) is 12.6 Å². The molecule has 0 aliphatic rings. The van der Waals surface area contributed by atoms with Gasteiger partial charge in [-0.3, -0.25) is 9.59 Å². The number of ether oxygens (including phenoxy) is 2. The van der Waals surface area contributed by atoms with Gasteiger partial charge in [-0.25, -0.2) is 0 Å². The van der Waals surface area contributed by atoms with Gasteiger partial charge in [0.25, 0.3) is 0 Å². The van der Waals surface area contributed by atoms with Crippen molar-refractivity contribution in [2.75, 3.05) is 13.2 Å².